The molecule has 1 N–H and O–H groups in total. The third-order valence-electron chi connectivity index (χ3n) is 2.66. The van der Waals surface area contributed by atoms with Gasteiger partial charge in [0.1, 0.15) is 5.01 Å². The molecule has 1 aromatic heterocycles. The maximum absolute atomic E-state index is 11.9. The quantitative estimate of drug-likeness (QED) is 0.813. The Balaban J connectivity index is 1.88. The van der Waals surface area contributed by atoms with Crippen molar-refractivity contribution in [2.24, 2.45) is 0 Å². The SMILES string of the molecule is Cc1nnc(SCC(=O)NC(C)c2ccc(Cl)c(Cl)c2)s1. The second-order valence-corrected chi connectivity index (χ2v) is 7.56. The van der Waals surface area contributed by atoms with Gasteiger partial charge in [-0.3, -0.25) is 4.79 Å². The van der Waals surface area contributed by atoms with Crippen LogP contribution in [0.5, 0.6) is 0 Å². The molecular formula is C13H13Cl2N3OS2. The maximum atomic E-state index is 11.9. The Morgan fingerprint density at radius 1 is 1.38 bits per heavy atom. The Bertz CT molecular complexity index is 648. The molecule has 0 fully saturated rings. The van der Waals surface area contributed by atoms with Crippen molar-refractivity contribution in [2.45, 2.75) is 24.2 Å². The number of hydrogen-bond donors (Lipinski definition) is 1. The normalized spacial score (nSPS) is 12.2. The van der Waals surface area contributed by atoms with Crippen molar-refractivity contribution in [1.82, 2.24) is 15.5 Å². The number of carbonyl (C=O) groups excluding carboxylic acids is 1. The van der Waals surface area contributed by atoms with E-state index in [0.29, 0.717) is 15.8 Å². The zero-order chi connectivity index (χ0) is 15.4. The molecule has 4 nitrogen and oxygen atoms in total. The maximum Gasteiger partial charge on any atom is 0.230 e. The first-order valence-electron chi connectivity index (χ1n) is 6.13. The minimum Gasteiger partial charge on any atom is -0.349 e. The molecule has 0 aliphatic rings. The number of hydrogen-bond acceptors (Lipinski definition) is 5. The number of amides is 1. The molecule has 1 atom stereocenters. The van der Waals surface area contributed by atoms with Crippen molar-refractivity contribution in [3.05, 3.63) is 38.8 Å². The predicted molar refractivity (Wildman–Crippen MR) is 88.4 cm³/mol. The molecule has 0 aliphatic carbocycles. The number of nitrogens with one attached hydrogen (secondary N) is 1. The van der Waals surface area contributed by atoms with Crippen LogP contribution in [0.3, 0.4) is 0 Å². The van der Waals surface area contributed by atoms with Crippen LogP contribution in [0.2, 0.25) is 10.0 Å². The Kier molecular flexibility index (Phi) is 5.87. The fraction of sp³-hybridized carbons (Fsp3) is 0.308. The summed E-state index contributed by atoms with van der Waals surface area (Å²) in [6.45, 7) is 3.78. The number of aryl methyl sites for hydroxylation is 1. The van der Waals surface area contributed by atoms with Gasteiger partial charge < -0.3 is 5.32 Å². The van der Waals surface area contributed by atoms with Crippen LogP contribution in [0.1, 0.15) is 23.5 Å². The predicted octanol–water partition coefficient (Wildman–Crippen LogP) is 4.12. The van der Waals surface area contributed by atoms with E-state index in [1.165, 1.54) is 23.1 Å². The molecule has 21 heavy (non-hydrogen) atoms. The molecule has 1 heterocycles. The van der Waals surface area contributed by atoms with Gasteiger partial charge in [-0.15, -0.1) is 10.2 Å². The van der Waals surface area contributed by atoms with E-state index in [9.17, 15) is 4.79 Å². The summed E-state index contributed by atoms with van der Waals surface area (Å²) in [5.41, 5.74) is 0.912. The topological polar surface area (TPSA) is 54.9 Å². The smallest absolute Gasteiger partial charge is 0.230 e. The summed E-state index contributed by atoms with van der Waals surface area (Å²) in [6, 6.07) is 5.20. The van der Waals surface area contributed by atoms with E-state index in [1.54, 1.807) is 12.1 Å². The number of halogens is 2. The fourth-order valence-corrected chi connectivity index (χ4v) is 3.55. The monoisotopic (exact) mass is 361 g/mol. The minimum absolute atomic E-state index is 0.0635. The molecule has 1 unspecified atom stereocenters. The standard InChI is InChI=1S/C13H13Cl2N3OS2/c1-7(9-3-4-10(14)11(15)5-9)16-12(19)6-20-13-18-17-8(2)21-13/h3-5,7H,6H2,1-2H3,(H,16,19). The molecule has 1 amide bonds. The molecule has 2 aromatic rings. The summed E-state index contributed by atoms with van der Waals surface area (Å²) >= 11 is 14.7. The molecule has 0 spiro atoms. The lowest BCUT2D eigenvalue weighted by molar-refractivity contribution is -0.119. The van der Waals surface area contributed by atoms with Gasteiger partial charge in [-0.25, -0.2) is 0 Å². The van der Waals surface area contributed by atoms with Crippen molar-refractivity contribution in [2.75, 3.05) is 5.75 Å². The highest BCUT2D eigenvalue weighted by Crippen LogP contribution is 2.26. The van der Waals surface area contributed by atoms with Gasteiger partial charge >= 0.3 is 0 Å². The number of rotatable bonds is 5. The third-order valence-corrected chi connectivity index (χ3v) is 5.37. The van der Waals surface area contributed by atoms with E-state index < -0.39 is 0 Å². The fourth-order valence-electron chi connectivity index (χ4n) is 1.61. The van der Waals surface area contributed by atoms with Gasteiger partial charge in [-0.05, 0) is 31.5 Å². The zero-order valence-corrected chi connectivity index (χ0v) is 14.5. The highest BCUT2D eigenvalue weighted by Gasteiger charge is 2.12. The Hall–Kier alpha value is -0.820. The Morgan fingerprint density at radius 2 is 2.14 bits per heavy atom. The van der Waals surface area contributed by atoms with Crippen LogP contribution in [0.4, 0.5) is 0 Å². The Labute approximate surface area is 141 Å². The number of carbonyl (C=O) groups is 1. The van der Waals surface area contributed by atoms with Crippen LogP contribution >= 0.6 is 46.3 Å². The van der Waals surface area contributed by atoms with Gasteiger partial charge in [0.05, 0.1) is 21.8 Å². The number of nitrogens with zero attached hydrogens (tertiary/aromatic N) is 2. The van der Waals surface area contributed by atoms with Gasteiger partial charge in [0.25, 0.3) is 0 Å². The van der Waals surface area contributed by atoms with E-state index in [1.807, 2.05) is 19.9 Å². The van der Waals surface area contributed by atoms with Crippen molar-refractivity contribution in [3.8, 4) is 0 Å². The van der Waals surface area contributed by atoms with Crippen molar-refractivity contribution in [3.63, 3.8) is 0 Å². The van der Waals surface area contributed by atoms with Crippen molar-refractivity contribution in [1.29, 1.82) is 0 Å². The van der Waals surface area contributed by atoms with Crippen LogP contribution in [0.15, 0.2) is 22.5 Å². The zero-order valence-electron chi connectivity index (χ0n) is 11.4. The average molecular weight is 362 g/mol. The summed E-state index contributed by atoms with van der Waals surface area (Å²) < 4.78 is 0.796. The first-order valence-corrected chi connectivity index (χ1v) is 8.68. The highest BCUT2D eigenvalue weighted by atomic mass is 35.5. The van der Waals surface area contributed by atoms with Gasteiger partial charge in [-0.1, -0.05) is 52.4 Å². The second-order valence-electron chi connectivity index (χ2n) is 4.34. The highest BCUT2D eigenvalue weighted by molar-refractivity contribution is 8.01. The molecule has 2 rings (SSSR count). The minimum atomic E-state index is -0.135. The lowest BCUT2D eigenvalue weighted by Gasteiger charge is -2.14. The first kappa shape index (κ1) is 16.5. The van der Waals surface area contributed by atoms with E-state index in [0.717, 1.165) is 14.9 Å². The third kappa shape index (κ3) is 4.85. The molecule has 0 radical (unpaired) electrons. The number of aromatic nitrogens is 2. The molecule has 112 valence electrons. The molecule has 8 heteroatoms. The van der Waals surface area contributed by atoms with Crippen LogP contribution in [0, 0.1) is 6.92 Å². The van der Waals surface area contributed by atoms with Crippen LogP contribution in [0.25, 0.3) is 0 Å². The largest absolute Gasteiger partial charge is 0.349 e. The summed E-state index contributed by atoms with van der Waals surface area (Å²) in [6.07, 6.45) is 0. The molecule has 1 aromatic carbocycles. The number of benzene rings is 1. The van der Waals surface area contributed by atoms with Gasteiger partial charge in [-0.2, -0.15) is 0 Å². The van der Waals surface area contributed by atoms with E-state index in [-0.39, 0.29) is 11.9 Å². The van der Waals surface area contributed by atoms with E-state index in [2.05, 4.69) is 15.5 Å². The lowest BCUT2D eigenvalue weighted by atomic mass is 10.1. The summed E-state index contributed by atoms with van der Waals surface area (Å²) in [5.74, 6) is 0.242. The van der Waals surface area contributed by atoms with Crippen molar-refractivity contribution >= 4 is 52.2 Å². The summed E-state index contributed by atoms with van der Waals surface area (Å²) in [5, 5.41) is 12.7. The van der Waals surface area contributed by atoms with Gasteiger partial charge in [0.15, 0.2) is 4.34 Å². The molecule has 0 saturated heterocycles. The van der Waals surface area contributed by atoms with Crippen LogP contribution in [-0.4, -0.2) is 21.9 Å². The summed E-state index contributed by atoms with van der Waals surface area (Å²) in [4.78, 5) is 11.9. The molecule has 0 saturated carbocycles. The second kappa shape index (κ2) is 7.45. The van der Waals surface area contributed by atoms with E-state index >= 15 is 0 Å². The average Bonchev–Trinajstić information content (AvgIpc) is 2.85. The number of thioether (sulfide) groups is 1. The van der Waals surface area contributed by atoms with Gasteiger partial charge in [0, 0.05) is 0 Å². The Morgan fingerprint density at radius 3 is 2.76 bits per heavy atom. The summed E-state index contributed by atoms with van der Waals surface area (Å²) in [7, 11) is 0. The first-order chi connectivity index (χ1) is 9.95. The van der Waals surface area contributed by atoms with Crippen molar-refractivity contribution < 1.29 is 4.79 Å². The van der Waals surface area contributed by atoms with Gasteiger partial charge in [0.2, 0.25) is 5.91 Å². The lowest BCUT2D eigenvalue weighted by Crippen LogP contribution is -2.28. The van der Waals surface area contributed by atoms with E-state index in [4.69, 9.17) is 23.2 Å². The van der Waals surface area contributed by atoms with Crippen LogP contribution in [-0.2, 0) is 4.79 Å². The molecule has 0 aliphatic heterocycles. The molecule has 0 bridgehead atoms. The van der Waals surface area contributed by atoms with Crippen LogP contribution < -0.4 is 5.32 Å². The molecular weight excluding hydrogens is 349 g/mol.